The minimum atomic E-state index is -0.448. The maximum Gasteiger partial charge on any atom is 0.331 e. The molecule has 0 fully saturated rings. The van der Waals surface area contributed by atoms with Crippen LogP contribution in [0.5, 0.6) is 0 Å². The fourth-order valence-corrected chi connectivity index (χ4v) is 3.15. The number of hydrogen-bond donors (Lipinski definition) is 2. The van der Waals surface area contributed by atoms with Crippen LogP contribution in [0, 0.1) is 0 Å². The summed E-state index contributed by atoms with van der Waals surface area (Å²) in [4.78, 5) is 29.4. The smallest absolute Gasteiger partial charge is 0.270 e. The summed E-state index contributed by atoms with van der Waals surface area (Å²) < 4.78 is 3.22. The van der Waals surface area contributed by atoms with Crippen molar-refractivity contribution in [2.45, 2.75) is 11.7 Å². The number of thioether (sulfide) groups is 1. The molecule has 0 bridgehead atoms. The number of halogens is 1. The maximum atomic E-state index is 12.2. The predicted octanol–water partition coefficient (Wildman–Crippen LogP) is 1.27. The summed E-state index contributed by atoms with van der Waals surface area (Å²) in [5, 5.41) is 1.42. The van der Waals surface area contributed by atoms with Crippen molar-refractivity contribution in [1.82, 2.24) is 14.5 Å². The molecule has 2 N–H and O–H groups in total. The lowest BCUT2D eigenvalue weighted by molar-refractivity contribution is -0.700. The molecule has 0 saturated heterocycles. The van der Waals surface area contributed by atoms with Crippen molar-refractivity contribution >= 4 is 34.5 Å². The van der Waals surface area contributed by atoms with E-state index in [4.69, 9.17) is 11.6 Å². The first-order valence-corrected chi connectivity index (χ1v) is 8.15. The summed E-state index contributed by atoms with van der Waals surface area (Å²) in [6, 6.07) is 7.48. The lowest BCUT2D eigenvalue weighted by Crippen LogP contribution is -2.41. The highest BCUT2D eigenvalue weighted by molar-refractivity contribution is 7.98. The van der Waals surface area contributed by atoms with Gasteiger partial charge in [-0.2, -0.15) is 0 Å². The number of fused-ring (bicyclic) bond motifs is 1. The zero-order valence-electron chi connectivity index (χ0n) is 12.0. The molecule has 8 heteroatoms. The van der Waals surface area contributed by atoms with E-state index in [0.29, 0.717) is 22.7 Å². The molecule has 22 heavy (non-hydrogen) atoms. The van der Waals surface area contributed by atoms with Crippen LogP contribution < -0.4 is 15.8 Å². The van der Waals surface area contributed by atoms with Crippen molar-refractivity contribution in [3.05, 3.63) is 55.7 Å². The zero-order chi connectivity index (χ0) is 15.9. The molecular formula is C14H14ClN4O2S+. The molecule has 0 aliphatic rings. The number of rotatable bonds is 3. The number of aromatic nitrogens is 4. The molecule has 0 atom stereocenters. The molecule has 0 aliphatic carbocycles. The highest BCUT2D eigenvalue weighted by Gasteiger charge is 2.24. The van der Waals surface area contributed by atoms with E-state index in [9.17, 15) is 9.59 Å². The molecule has 114 valence electrons. The van der Waals surface area contributed by atoms with Gasteiger partial charge in [-0.05, 0) is 24.1 Å². The molecule has 6 nitrogen and oxygen atoms in total. The van der Waals surface area contributed by atoms with E-state index in [1.54, 1.807) is 7.05 Å². The normalized spacial score (nSPS) is 11.2. The fraction of sp³-hybridized carbons (Fsp3) is 0.214. The second-order valence-electron chi connectivity index (χ2n) is 4.83. The van der Waals surface area contributed by atoms with Crippen LogP contribution >= 0.6 is 23.4 Å². The van der Waals surface area contributed by atoms with Gasteiger partial charge in [-0.3, -0.25) is 14.3 Å². The Balaban J connectivity index is 2.29. The SMILES string of the molecule is CSc1[nH]c2c(c(=O)[nH]c(=O)n2C)[n+]1Cc1ccccc1Cl. The van der Waals surface area contributed by atoms with E-state index in [2.05, 4.69) is 9.97 Å². The van der Waals surface area contributed by atoms with Crippen LogP contribution in [0.1, 0.15) is 5.56 Å². The van der Waals surface area contributed by atoms with Crippen LogP contribution in [0.4, 0.5) is 0 Å². The third-order valence-electron chi connectivity index (χ3n) is 3.52. The van der Waals surface area contributed by atoms with E-state index in [0.717, 1.165) is 10.7 Å². The van der Waals surface area contributed by atoms with Crippen molar-refractivity contribution in [3.63, 3.8) is 0 Å². The largest absolute Gasteiger partial charge is 0.331 e. The Morgan fingerprint density at radius 3 is 2.68 bits per heavy atom. The van der Waals surface area contributed by atoms with Crippen molar-refractivity contribution in [2.24, 2.45) is 7.05 Å². The number of hydrogen-bond acceptors (Lipinski definition) is 3. The first-order valence-electron chi connectivity index (χ1n) is 6.55. The number of nitrogens with one attached hydrogen (secondary N) is 2. The minimum absolute atomic E-state index is 0.415. The third kappa shape index (κ3) is 2.36. The Labute approximate surface area is 134 Å². The van der Waals surface area contributed by atoms with E-state index < -0.39 is 11.2 Å². The fourth-order valence-electron chi connectivity index (χ4n) is 2.38. The van der Waals surface area contributed by atoms with Crippen LogP contribution in [0.3, 0.4) is 0 Å². The molecule has 0 radical (unpaired) electrons. The molecule has 2 aromatic heterocycles. The van der Waals surface area contributed by atoms with Gasteiger partial charge >= 0.3 is 16.4 Å². The first kappa shape index (κ1) is 14.9. The summed E-state index contributed by atoms with van der Waals surface area (Å²) >= 11 is 7.68. The van der Waals surface area contributed by atoms with Crippen molar-refractivity contribution < 1.29 is 4.57 Å². The average Bonchev–Trinajstić information content (AvgIpc) is 2.86. The standard InChI is InChI=1S/C14H13ClN4O2S/c1-18-11-10(12(20)17-13(18)21)19(14(16-11)22-2)7-8-5-3-4-6-9(8)15/h3-6H,7H2,1-2H3,(H,17,20,21)/p+1. The predicted molar refractivity (Wildman–Crippen MR) is 86.7 cm³/mol. The Hall–Kier alpha value is -1.99. The molecular weight excluding hydrogens is 324 g/mol. The molecule has 0 spiro atoms. The zero-order valence-corrected chi connectivity index (χ0v) is 13.6. The molecule has 3 rings (SSSR count). The minimum Gasteiger partial charge on any atom is -0.270 e. The monoisotopic (exact) mass is 337 g/mol. The van der Waals surface area contributed by atoms with Crippen molar-refractivity contribution in [1.29, 1.82) is 0 Å². The van der Waals surface area contributed by atoms with Crippen LogP contribution in [-0.2, 0) is 13.6 Å². The molecule has 0 unspecified atom stereocenters. The van der Waals surface area contributed by atoms with Crippen LogP contribution in [-0.4, -0.2) is 20.8 Å². The summed E-state index contributed by atoms with van der Waals surface area (Å²) in [6.07, 6.45) is 1.90. The van der Waals surface area contributed by atoms with Crippen LogP contribution in [0.2, 0.25) is 5.02 Å². The van der Waals surface area contributed by atoms with Crippen LogP contribution in [0.15, 0.2) is 39.0 Å². The third-order valence-corrected chi connectivity index (χ3v) is 4.60. The summed E-state index contributed by atoms with van der Waals surface area (Å²) in [5.74, 6) is 0. The van der Waals surface area contributed by atoms with Gasteiger partial charge in [0.2, 0.25) is 0 Å². The van der Waals surface area contributed by atoms with Crippen LogP contribution in [0.25, 0.3) is 11.2 Å². The number of H-pyrrole nitrogens is 2. The summed E-state index contributed by atoms with van der Waals surface area (Å²) in [7, 11) is 1.61. The van der Waals surface area contributed by atoms with Gasteiger partial charge in [-0.25, -0.2) is 14.3 Å². The number of imidazole rings is 1. The Morgan fingerprint density at radius 2 is 2.00 bits per heavy atom. The Morgan fingerprint density at radius 1 is 1.27 bits per heavy atom. The van der Waals surface area contributed by atoms with Gasteiger partial charge in [0.1, 0.15) is 6.54 Å². The lowest BCUT2D eigenvalue weighted by Gasteiger charge is -2.03. The number of nitrogens with zero attached hydrogens (tertiary/aromatic N) is 2. The van der Waals surface area contributed by atoms with E-state index in [1.807, 2.05) is 35.1 Å². The molecule has 0 aliphatic heterocycles. The molecule has 0 amide bonds. The average molecular weight is 338 g/mol. The second kappa shape index (κ2) is 5.66. The number of aromatic amines is 2. The van der Waals surface area contributed by atoms with Crippen molar-refractivity contribution in [2.75, 3.05) is 6.26 Å². The van der Waals surface area contributed by atoms with Gasteiger partial charge in [0.25, 0.3) is 11.2 Å². The van der Waals surface area contributed by atoms with Gasteiger partial charge < -0.3 is 0 Å². The summed E-state index contributed by atoms with van der Waals surface area (Å²) in [6.45, 7) is 0.442. The van der Waals surface area contributed by atoms with E-state index in [-0.39, 0.29) is 0 Å². The maximum absolute atomic E-state index is 12.2. The summed E-state index contributed by atoms with van der Waals surface area (Å²) in [5.41, 5.74) is 0.952. The molecule has 1 aromatic carbocycles. The Kier molecular flexibility index (Phi) is 3.84. The molecule has 2 heterocycles. The van der Waals surface area contributed by atoms with Gasteiger partial charge in [0.15, 0.2) is 0 Å². The number of benzene rings is 1. The molecule has 0 saturated carbocycles. The highest BCUT2D eigenvalue weighted by Crippen LogP contribution is 2.17. The van der Waals surface area contributed by atoms with Crippen molar-refractivity contribution in [3.8, 4) is 0 Å². The quantitative estimate of drug-likeness (QED) is 0.558. The highest BCUT2D eigenvalue weighted by atomic mass is 35.5. The van der Waals surface area contributed by atoms with Gasteiger partial charge in [0.05, 0.1) is 0 Å². The van der Waals surface area contributed by atoms with E-state index in [1.165, 1.54) is 16.3 Å². The molecule has 3 aromatic rings. The van der Waals surface area contributed by atoms with Gasteiger partial charge in [0, 0.05) is 17.6 Å². The van der Waals surface area contributed by atoms with E-state index >= 15 is 0 Å². The second-order valence-corrected chi connectivity index (χ2v) is 6.03. The number of aryl methyl sites for hydroxylation is 1. The van der Waals surface area contributed by atoms with Gasteiger partial charge in [-0.15, -0.1) is 0 Å². The topological polar surface area (TPSA) is 74.5 Å². The van der Waals surface area contributed by atoms with Gasteiger partial charge in [-0.1, -0.05) is 29.8 Å². The Bertz CT molecular complexity index is 973. The first-order chi connectivity index (χ1) is 10.5. The lowest BCUT2D eigenvalue weighted by atomic mass is 10.2.